The van der Waals surface area contributed by atoms with Crippen LogP contribution in [0, 0.1) is 5.82 Å². The summed E-state index contributed by atoms with van der Waals surface area (Å²) in [5.41, 5.74) is 2.06. The quantitative estimate of drug-likeness (QED) is 0.780. The Morgan fingerprint density at radius 3 is 2.62 bits per heavy atom. The number of carboxylic acids is 1. The van der Waals surface area contributed by atoms with Gasteiger partial charge in [-0.3, -0.25) is 0 Å². The van der Waals surface area contributed by atoms with Gasteiger partial charge in [-0.05, 0) is 23.8 Å². The number of carboxylic acid groups (broad SMARTS) is 1. The molecular formula is C15H10FNO2S2. The van der Waals surface area contributed by atoms with Crippen molar-refractivity contribution in [2.45, 2.75) is 6.42 Å². The highest BCUT2D eigenvalue weighted by Gasteiger charge is 2.11. The molecule has 0 atom stereocenters. The van der Waals surface area contributed by atoms with Crippen LogP contribution in [0.15, 0.2) is 41.1 Å². The minimum atomic E-state index is -0.931. The van der Waals surface area contributed by atoms with Crippen molar-refractivity contribution >= 4 is 28.6 Å². The van der Waals surface area contributed by atoms with Crippen molar-refractivity contribution in [3.05, 3.63) is 63.0 Å². The molecule has 2 aromatic heterocycles. The number of carbonyl (C=O) groups is 1. The predicted molar refractivity (Wildman–Crippen MR) is 81.6 cm³/mol. The van der Waals surface area contributed by atoms with Gasteiger partial charge in [0.2, 0.25) is 0 Å². The maximum atomic E-state index is 12.9. The SMILES string of the molecule is O=C(O)c1csc(-c2csc(Cc3ccc(F)cc3)n2)c1. The molecule has 0 bridgehead atoms. The first-order valence-electron chi connectivity index (χ1n) is 6.13. The molecule has 21 heavy (non-hydrogen) atoms. The number of benzene rings is 1. The molecule has 0 fully saturated rings. The van der Waals surface area contributed by atoms with E-state index in [1.807, 2.05) is 5.38 Å². The van der Waals surface area contributed by atoms with Crippen LogP contribution in [0.3, 0.4) is 0 Å². The van der Waals surface area contributed by atoms with E-state index < -0.39 is 5.97 Å². The minimum Gasteiger partial charge on any atom is -0.478 e. The summed E-state index contributed by atoms with van der Waals surface area (Å²) in [5, 5.41) is 13.4. The Labute approximate surface area is 128 Å². The van der Waals surface area contributed by atoms with E-state index >= 15 is 0 Å². The maximum Gasteiger partial charge on any atom is 0.336 e. The highest BCUT2D eigenvalue weighted by molar-refractivity contribution is 7.14. The average molecular weight is 319 g/mol. The zero-order valence-electron chi connectivity index (χ0n) is 10.7. The molecule has 6 heteroatoms. The first-order valence-corrected chi connectivity index (χ1v) is 7.89. The summed E-state index contributed by atoms with van der Waals surface area (Å²) in [7, 11) is 0. The number of aromatic nitrogens is 1. The molecule has 0 unspecified atom stereocenters. The lowest BCUT2D eigenvalue weighted by Crippen LogP contribution is -1.91. The molecule has 1 aromatic carbocycles. The Morgan fingerprint density at radius 1 is 1.19 bits per heavy atom. The summed E-state index contributed by atoms with van der Waals surface area (Å²) in [6.07, 6.45) is 0.641. The van der Waals surface area contributed by atoms with Gasteiger partial charge >= 0.3 is 5.97 Å². The molecule has 0 radical (unpaired) electrons. The summed E-state index contributed by atoms with van der Waals surface area (Å²) in [6.45, 7) is 0. The summed E-state index contributed by atoms with van der Waals surface area (Å²) >= 11 is 2.88. The van der Waals surface area contributed by atoms with E-state index in [0.29, 0.717) is 6.42 Å². The highest BCUT2D eigenvalue weighted by Crippen LogP contribution is 2.29. The van der Waals surface area contributed by atoms with Crippen molar-refractivity contribution in [1.82, 2.24) is 4.98 Å². The third-order valence-corrected chi connectivity index (χ3v) is 4.72. The van der Waals surface area contributed by atoms with Crippen LogP contribution < -0.4 is 0 Å². The summed E-state index contributed by atoms with van der Waals surface area (Å²) in [6, 6.07) is 7.97. The lowest BCUT2D eigenvalue weighted by molar-refractivity contribution is 0.0697. The second kappa shape index (κ2) is 5.75. The van der Waals surface area contributed by atoms with Crippen molar-refractivity contribution in [3.63, 3.8) is 0 Å². The Morgan fingerprint density at radius 2 is 1.95 bits per heavy atom. The zero-order valence-corrected chi connectivity index (χ0v) is 12.4. The van der Waals surface area contributed by atoms with Gasteiger partial charge in [0.25, 0.3) is 0 Å². The van der Waals surface area contributed by atoms with Crippen LogP contribution in [-0.4, -0.2) is 16.1 Å². The monoisotopic (exact) mass is 319 g/mol. The van der Waals surface area contributed by atoms with Gasteiger partial charge in [0.1, 0.15) is 5.82 Å². The van der Waals surface area contributed by atoms with Gasteiger partial charge in [-0.15, -0.1) is 22.7 Å². The van der Waals surface area contributed by atoms with Crippen LogP contribution in [0.5, 0.6) is 0 Å². The molecule has 0 aliphatic carbocycles. The molecule has 2 heterocycles. The Kier molecular flexibility index (Phi) is 3.81. The van der Waals surface area contributed by atoms with Crippen LogP contribution >= 0.6 is 22.7 Å². The van der Waals surface area contributed by atoms with Crippen molar-refractivity contribution in [3.8, 4) is 10.6 Å². The minimum absolute atomic E-state index is 0.252. The van der Waals surface area contributed by atoms with Crippen LogP contribution in [0.4, 0.5) is 4.39 Å². The largest absolute Gasteiger partial charge is 0.478 e. The number of halogens is 1. The van der Waals surface area contributed by atoms with E-state index in [2.05, 4.69) is 4.98 Å². The topological polar surface area (TPSA) is 50.2 Å². The maximum absolute atomic E-state index is 12.9. The number of rotatable bonds is 4. The third-order valence-electron chi connectivity index (χ3n) is 2.92. The van der Waals surface area contributed by atoms with E-state index in [9.17, 15) is 9.18 Å². The number of thiazole rings is 1. The number of hydrogen-bond donors (Lipinski definition) is 1. The second-order valence-electron chi connectivity index (χ2n) is 4.43. The molecule has 0 aliphatic rings. The first-order chi connectivity index (χ1) is 10.1. The van der Waals surface area contributed by atoms with E-state index in [4.69, 9.17) is 5.11 Å². The fourth-order valence-corrected chi connectivity index (χ4v) is 3.61. The summed E-state index contributed by atoms with van der Waals surface area (Å²) in [4.78, 5) is 16.2. The first kappa shape index (κ1) is 13.9. The second-order valence-corrected chi connectivity index (χ2v) is 6.29. The molecule has 3 aromatic rings. The van der Waals surface area contributed by atoms with Crippen molar-refractivity contribution in [2.24, 2.45) is 0 Å². The average Bonchev–Trinajstić information content (AvgIpc) is 3.10. The van der Waals surface area contributed by atoms with Crippen molar-refractivity contribution in [2.75, 3.05) is 0 Å². The van der Waals surface area contributed by atoms with E-state index in [1.54, 1.807) is 23.6 Å². The molecule has 3 rings (SSSR count). The molecule has 0 saturated heterocycles. The lowest BCUT2D eigenvalue weighted by atomic mass is 10.1. The number of nitrogens with zero attached hydrogens (tertiary/aromatic N) is 1. The molecule has 0 spiro atoms. The van der Waals surface area contributed by atoms with Gasteiger partial charge in [-0.1, -0.05) is 12.1 Å². The fourth-order valence-electron chi connectivity index (χ4n) is 1.86. The normalized spacial score (nSPS) is 10.7. The van der Waals surface area contributed by atoms with Gasteiger partial charge in [0.15, 0.2) is 0 Å². The van der Waals surface area contributed by atoms with Gasteiger partial charge in [0, 0.05) is 17.2 Å². The van der Waals surface area contributed by atoms with Crippen LogP contribution in [-0.2, 0) is 6.42 Å². The fraction of sp³-hybridized carbons (Fsp3) is 0.0667. The molecule has 0 saturated carbocycles. The summed E-state index contributed by atoms with van der Waals surface area (Å²) in [5.74, 6) is -1.18. The van der Waals surface area contributed by atoms with E-state index in [-0.39, 0.29) is 11.4 Å². The van der Waals surface area contributed by atoms with Gasteiger partial charge in [0.05, 0.1) is 21.1 Å². The predicted octanol–water partition coefficient (Wildman–Crippen LogP) is 4.30. The van der Waals surface area contributed by atoms with Crippen LogP contribution in [0.2, 0.25) is 0 Å². The van der Waals surface area contributed by atoms with E-state index in [0.717, 1.165) is 21.1 Å². The number of thiophene rings is 1. The summed E-state index contributed by atoms with van der Waals surface area (Å²) < 4.78 is 12.9. The Bertz CT molecular complexity index is 777. The lowest BCUT2D eigenvalue weighted by Gasteiger charge is -1.97. The van der Waals surface area contributed by atoms with Crippen molar-refractivity contribution < 1.29 is 14.3 Å². The van der Waals surface area contributed by atoms with Gasteiger partial charge < -0.3 is 5.11 Å². The van der Waals surface area contributed by atoms with Crippen molar-refractivity contribution in [1.29, 1.82) is 0 Å². The highest BCUT2D eigenvalue weighted by atomic mass is 32.1. The Balaban J connectivity index is 1.79. The van der Waals surface area contributed by atoms with Crippen LogP contribution in [0.1, 0.15) is 20.9 Å². The molecule has 106 valence electrons. The van der Waals surface area contributed by atoms with E-state index in [1.165, 1.54) is 34.8 Å². The molecule has 3 nitrogen and oxygen atoms in total. The molecule has 1 N–H and O–H groups in total. The van der Waals surface area contributed by atoms with Gasteiger partial charge in [-0.25, -0.2) is 14.2 Å². The molecule has 0 amide bonds. The smallest absolute Gasteiger partial charge is 0.336 e. The third kappa shape index (κ3) is 3.17. The van der Waals surface area contributed by atoms with Gasteiger partial charge in [-0.2, -0.15) is 0 Å². The Hall–Kier alpha value is -2.05. The molecular weight excluding hydrogens is 309 g/mol. The standard InChI is InChI=1S/C15H10FNO2S2/c16-11-3-1-9(2-4-11)5-14-17-12(8-21-14)13-6-10(7-20-13)15(18)19/h1-4,6-8H,5H2,(H,18,19). The number of hydrogen-bond acceptors (Lipinski definition) is 4. The molecule has 0 aliphatic heterocycles. The van der Waals surface area contributed by atoms with Crippen LogP contribution in [0.25, 0.3) is 10.6 Å². The number of aromatic carboxylic acids is 1. The zero-order chi connectivity index (χ0) is 14.8.